The van der Waals surface area contributed by atoms with Gasteiger partial charge in [0.05, 0.1) is 0 Å². The van der Waals surface area contributed by atoms with Crippen molar-refractivity contribution in [3.05, 3.63) is 112 Å². The van der Waals surface area contributed by atoms with Gasteiger partial charge >= 0.3 is 0 Å². The lowest BCUT2D eigenvalue weighted by molar-refractivity contribution is 0.102. The Kier molecular flexibility index (Phi) is 6.42. The van der Waals surface area contributed by atoms with Crippen LogP contribution in [0.15, 0.2) is 85.1 Å². The molecule has 0 radical (unpaired) electrons. The van der Waals surface area contributed by atoms with E-state index in [1.165, 1.54) is 11.3 Å². The van der Waals surface area contributed by atoms with Crippen LogP contribution < -0.4 is 10.1 Å². The lowest BCUT2D eigenvalue weighted by Gasteiger charge is -2.07. The zero-order valence-electron chi connectivity index (χ0n) is 16.0. The third-order valence-corrected chi connectivity index (χ3v) is 5.74. The molecule has 150 valence electrons. The molecule has 6 heteroatoms. The Morgan fingerprint density at radius 1 is 0.967 bits per heavy atom. The van der Waals surface area contributed by atoms with Crippen LogP contribution in [0.5, 0.6) is 5.75 Å². The monoisotopic (exact) mass is 434 g/mol. The quantitative estimate of drug-likeness (QED) is 0.375. The third-order valence-electron chi connectivity index (χ3n) is 4.46. The van der Waals surface area contributed by atoms with E-state index in [0.29, 0.717) is 29.5 Å². The minimum atomic E-state index is -0.205. The molecule has 0 fully saturated rings. The fraction of sp³-hybridized carbons (Fsp3) is 0.0833. The van der Waals surface area contributed by atoms with Crippen LogP contribution in [0.3, 0.4) is 0 Å². The Morgan fingerprint density at radius 2 is 1.70 bits per heavy atom. The molecule has 1 aromatic heterocycles. The van der Waals surface area contributed by atoms with Crippen molar-refractivity contribution in [2.75, 3.05) is 5.32 Å². The van der Waals surface area contributed by atoms with E-state index in [1.807, 2.05) is 54.6 Å². The molecular weight excluding hydrogens is 416 g/mol. The zero-order valence-corrected chi connectivity index (χ0v) is 17.6. The molecule has 3 aromatic carbocycles. The number of hydrogen-bond acceptors (Lipinski definition) is 4. The van der Waals surface area contributed by atoms with Crippen LogP contribution in [-0.2, 0) is 13.0 Å². The lowest BCUT2D eigenvalue weighted by Crippen LogP contribution is -2.11. The van der Waals surface area contributed by atoms with Crippen LogP contribution in [0.1, 0.15) is 26.4 Å². The molecule has 1 amide bonds. The van der Waals surface area contributed by atoms with Crippen LogP contribution in [0, 0.1) is 0 Å². The molecule has 4 nitrogen and oxygen atoms in total. The number of thiazole rings is 1. The second-order valence-corrected chi connectivity index (χ2v) is 8.18. The summed E-state index contributed by atoms with van der Waals surface area (Å²) in [7, 11) is 0. The fourth-order valence-electron chi connectivity index (χ4n) is 2.89. The maximum Gasteiger partial charge on any atom is 0.257 e. The van der Waals surface area contributed by atoms with Gasteiger partial charge in [-0.05, 0) is 41.5 Å². The molecule has 0 spiro atoms. The van der Waals surface area contributed by atoms with Crippen molar-refractivity contribution in [1.82, 2.24) is 4.98 Å². The number of ether oxygens (including phenoxy) is 1. The van der Waals surface area contributed by atoms with E-state index in [4.69, 9.17) is 16.3 Å². The molecule has 0 saturated heterocycles. The molecule has 4 aromatic rings. The number of amides is 1. The first-order valence-corrected chi connectivity index (χ1v) is 10.6. The first-order valence-electron chi connectivity index (χ1n) is 9.43. The number of hydrogen-bond donors (Lipinski definition) is 1. The van der Waals surface area contributed by atoms with Gasteiger partial charge in [-0.1, -0.05) is 60.1 Å². The van der Waals surface area contributed by atoms with Crippen LogP contribution in [0.4, 0.5) is 5.13 Å². The number of carbonyl (C=O) groups excluding carboxylic acids is 1. The van der Waals surface area contributed by atoms with E-state index < -0.39 is 0 Å². The second kappa shape index (κ2) is 9.57. The van der Waals surface area contributed by atoms with Crippen molar-refractivity contribution < 1.29 is 9.53 Å². The summed E-state index contributed by atoms with van der Waals surface area (Å²) < 4.78 is 5.76. The maximum absolute atomic E-state index is 12.5. The summed E-state index contributed by atoms with van der Waals surface area (Å²) in [5.74, 6) is 0.509. The molecule has 0 aliphatic carbocycles. The van der Waals surface area contributed by atoms with Gasteiger partial charge in [-0.25, -0.2) is 4.98 Å². The predicted molar refractivity (Wildman–Crippen MR) is 122 cm³/mol. The highest BCUT2D eigenvalue weighted by Crippen LogP contribution is 2.25. The first-order chi connectivity index (χ1) is 14.7. The Labute approximate surface area is 184 Å². The number of nitrogens with one attached hydrogen (secondary N) is 1. The molecule has 1 N–H and O–H groups in total. The largest absolute Gasteiger partial charge is 0.489 e. The predicted octanol–water partition coefficient (Wildman–Crippen LogP) is 6.22. The summed E-state index contributed by atoms with van der Waals surface area (Å²) in [6.07, 6.45) is 2.45. The Hall–Kier alpha value is -3.15. The summed E-state index contributed by atoms with van der Waals surface area (Å²) in [6.45, 7) is 0.486. The number of carbonyl (C=O) groups is 1. The van der Waals surface area contributed by atoms with Crippen LogP contribution in [0.2, 0.25) is 5.02 Å². The van der Waals surface area contributed by atoms with E-state index >= 15 is 0 Å². The number of aromatic nitrogens is 1. The first kappa shape index (κ1) is 20.1. The topological polar surface area (TPSA) is 51.2 Å². The lowest BCUT2D eigenvalue weighted by atomic mass is 10.1. The van der Waals surface area contributed by atoms with E-state index in [1.54, 1.807) is 30.5 Å². The van der Waals surface area contributed by atoms with Gasteiger partial charge in [0.1, 0.15) is 12.4 Å². The number of anilines is 1. The molecule has 4 rings (SSSR count). The average Bonchev–Trinajstić information content (AvgIpc) is 3.22. The molecule has 0 saturated carbocycles. The van der Waals surface area contributed by atoms with Crippen molar-refractivity contribution in [2.45, 2.75) is 13.0 Å². The number of nitrogens with zero attached hydrogens (tertiary/aromatic N) is 1. The third kappa shape index (κ3) is 5.26. The smallest absolute Gasteiger partial charge is 0.257 e. The van der Waals surface area contributed by atoms with Crippen molar-refractivity contribution in [3.63, 3.8) is 0 Å². The highest BCUT2D eigenvalue weighted by molar-refractivity contribution is 7.15. The number of benzene rings is 3. The Balaban J connectivity index is 1.34. The van der Waals surface area contributed by atoms with Crippen molar-refractivity contribution in [1.29, 1.82) is 0 Å². The highest BCUT2D eigenvalue weighted by atomic mass is 35.5. The van der Waals surface area contributed by atoms with Gasteiger partial charge in [0.2, 0.25) is 0 Å². The van der Waals surface area contributed by atoms with Gasteiger partial charge < -0.3 is 4.74 Å². The van der Waals surface area contributed by atoms with Crippen molar-refractivity contribution >= 4 is 34.0 Å². The summed E-state index contributed by atoms with van der Waals surface area (Å²) >= 11 is 7.66. The van der Waals surface area contributed by atoms with Crippen LogP contribution in [0.25, 0.3) is 0 Å². The normalized spacial score (nSPS) is 10.6. The summed E-state index contributed by atoms with van der Waals surface area (Å²) in [5.41, 5.74) is 2.67. The summed E-state index contributed by atoms with van der Waals surface area (Å²) in [4.78, 5) is 17.9. The molecule has 30 heavy (non-hydrogen) atoms. The minimum Gasteiger partial charge on any atom is -0.489 e. The van der Waals surface area contributed by atoms with Crippen LogP contribution in [-0.4, -0.2) is 10.9 Å². The standard InChI is InChI=1S/C24H19ClN2O2S/c25-22-9-5-4-8-19(22)14-21-15-26-24(30-21)27-23(28)18-10-12-20(13-11-18)29-16-17-6-2-1-3-7-17/h1-13,15H,14,16H2,(H,26,27,28). The van der Waals surface area contributed by atoms with Crippen molar-refractivity contribution in [3.8, 4) is 5.75 Å². The molecular formula is C24H19ClN2O2S. The maximum atomic E-state index is 12.5. The molecule has 1 heterocycles. The van der Waals surface area contributed by atoms with Crippen LogP contribution >= 0.6 is 22.9 Å². The van der Waals surface area contributed by atoms with Gasteiger partial charge in [-0.2, -0.15) is 0 Å². The number of rotatable bonds is 7. The average molecular weight is 435 g/mol. The van der Waals surface area contributed by atoms with E-state index in [-0.39, 0.29) is 5.91 Å². The molecule has 0 bridgehead atoms. The SMILES string of the molecule is O=C(Nc1ncc(Cc2ccccc2Cl)s1)c1ccc(OCc2ccccc2)cc1. The summed E-state index contributed by atoms with van der Waals surface area (Å²) in [6, 6.07) is 24.7. The van der Waals surface area contributed by atoms with Gasteiger partial charge in [-0.15, -0.1) is 11.3 Å². The van der Waals surface area contributed by atoms with E-state index in [2.05, 4.69) is 10.3 Å². The number of halogens is 1. The van der Waals surface area contributed by atoms with Gasteiger partial charge in [0.25, 0.3) is 5.91 Å². The Bertz CT molecular complexity index is 1130. The zero-order chi connectivity index (χ0) is 20.8. The molecule has 0 aliphatic heterocycles. The summed E-state index contributed by atoms with van der Waals surface area (Å²) in [5, 5.41) is 4.14. The minimum absolute atomic E-state index is 0.205. The Morgan fingerprint density at radius 3 is 2.47 bits per heavy atom. The molecule has 0 unspecified atom stereocenters. The van der Waals surface area contributed by atoms with E-state index in [9.17, 15) is 4.79 Å². The van der Waals surface area contributed by atoms with Gasteiger partial charge in [0, 0.05) is 28.1 Å². The molecule has 0 aliphatic rings. The van der Waals surface area contributed by atoms with Gasteiger partial charge in [-0.3, -0.25) is 10.1 Å². The highest BCUT2D eigenvalue weighted by Gasteiger charge is 2.11. The fourth-order valence-corrected chi connectivity index (χ4v) is 3.92. The molecule has 0 atom stereocenters. The van der Waals surface area contributed by atoms with Gasteiger partial charge in [0.15, 0.2) is 5.13 Å². The van der Waals surface area contributed by atoms with Crippen molar-refractivity contribution in [2.24, 2.45) is 0 Å². The second-order valence-electron chi connectivity index (χ2n) is 6.65. The van der Waals surface area contributed by atoms with E-state index in [0.717, 1.165) is 21.0 Å².